The Morgan fingerprint density at radius 1 is 1.35 bits per heavy atom. The van der Waals surface area contributed by atoms with Crippen LogP contribution in [0.1, 0.15) is 23.2 Å². The minimum atomic E-state index is -0.242. The number of carbonyl (C=O) groups is 1. The maximum absolute atomic E-state index is 12.1. The molecule has 2 aromatic rings. The van der Waals surface area contributed by atoms with Crippen molar-refractivity contribution in [3.63, 3.8) is 0 Å². The Morgan fingerprint density at radius 3 is 2.70 bits per heavy atom. The SMILES string of the molecule is Cc1cc(S[C@H](C)C(=O)Nc2nc(C)c(C)s2)ncn1. The maximum atomic E-state index is 12.1. The zero-order valence-electron chi connectivity index (χ0n) is 11.8. The van der Waals surface area contributed by atoms with Gasteiger partial charge < -0.3 is 5.32 Å². The molecular weight excluding hydrogens is 292 g/mol. The maximum Gasteiger partial charge on any atom is 0.239 e. The van der Waals surface area contributed by atoms with Crippen LogP contribution >= 0.6 is 23.1 Å². The normalized spacial score (nSPS) is 12.2. The first-order valence-electron chi connectivity index (χ1n) is 6.16. The first-order valence-corrected chi connectivity index (χ1v) is 7.85. The monoisotopic (exact) mass is 308 g/mol. The van der Waals surface area contributed by atoms with Crippen molar-refractivity contribution in [2.75, 3.05) is 5.32 Å². The van der Waals surface area contributed by atoms with Crippen molar-refractivity contribution in [1.29, 1.82) is 0 Å². The van der Waals surface area contributed by atoms with Crippen LogP contribution in [0.2, 0.25) is 0 Å². The summed E-state index contributed by atoms with van der Waals surface area (Å²) in [5.74, 6) is -0.0694. The van der Waals surface area contributed by atoms with Crippen molar-refractivity contribution in [3.05, 3.63) is 28.7 Å². The lowest BCUT2D eigenvalue weighted by Crippen LogP contribution is -2.22. The van der Waals surface area contributed by atoms with Crippen molar-refractivity contribution < 1.29 is 4.79 Å². The predicted molar refractivity (Wildman–Crippen MR) is 82.3 cm³/mol. The van der Waals surface area contributed by atoms with Crippen LogP contribution in [-0.4, -0.2) is 26.1 Å². The highest BCUT2D eigenvalue weighted by Gasteiger charge is 2.17. The minimum Gasteiger partial charge on any atom is -0.301 e. The number of hydrogen-bond donors (Lipinski definition) is 1. The molecule has 0 spiro atoms. The van der Waals surface area contributed by atoms with E-state index in [1.165, 1.54) is 29.4 Å². The molecule has 7 heteroatoms. The summed E-state index contributed by atoms with van der Waals surface area (Å²) >= 11 is 2.90. The fourth-order valence-electron chi connectivity index (χ4n) is 1.46. The van der Waals surface area contributed by atoms with Gasteiger partial charge in [0, 0.05) is 10.6 Å². The van der Waals surface area contributed by atoms with Gasteiger partial charge in [0.15, 0.2) is 5.13 Å². The van der Waals surface area contributed by atoms with Crippen LogP contribution < -0.4 is 5.32 Å². The Kier molecular flexibility index (Phi) is 4.72. The van der Waals surface area contributed by atoms with E-state index in [1.807, 2.05) is 33.8 Å². The van der Waals surface area contributed by atoms with Gasteiger partial charge in [-0.15, -0.1) is 11.3 Å². The Labute approximate surface area is 126 Å². The zero-order chi connectivity index (χ0) is 14.7. The van der Waals surface area contributed by atoms with E-state index in [0.29, 0.717) is 5.13 Å². The van der Waals surface area contributed by atoms with Crippen LogP contribution in [-0.2, 0) is 4.79 Å². The van der Waals surface area contributed by atoms with Crippen molar-refractivity contribution in [3.8, 4) is 0 Å². The van der Waals surface area contributed by atoms with Gasteiger partial charge in [-0.25, -0.2) is 15.0 Å². The Balaban J connectivity index is 1.98. The van der Waals surface area contributed by atoms with Crippen LogP contribution in [0.5, 0.6) is 0 Å². The molecule has 0 aliphatic carbocycles. The smallest absolute Gasteiger partial charge is 0.239 e. The fraction of sp³-hybridized carbons (Fsp3) is 0.385. The van der Waals surface area contributed by atoms with Crippen molar-refractivity contribution in [2.45, 2.75) is 38.0 Å². The van der Waals surface area contributed by atoms with E-state index in [9.17, 15) is 4.79 Å². The van der Waals surface area contributed by atoms with Crippen LogP contribution in [0.4, 0.5) is 5.13 Å². The third-order valence-electron chi connectivity index (χ3n) is 2.70. The molecule has 5 nitrogen and oxygen atoms in total. The molecule has 0 aliphatic rings. The number of carbonyl (C=O) groups excluding carboxylic acids is 1. The number of nitrogens with one attached hydrogen (secondary N) is 1. The molecule has 20 heavy (non-hydrogen) atoms. The van der Waals surface area contributed by atoms with E-state index in [1.54, 1.807) is 0 Å². The summed E-state index contributed by atoms with van der Waals surface area (Å²) in [4.78, 5) is 25.7. The lowest BCUT2D eigenvalue weighted by molar-refractivity contribution is -0.115. The molecule has 0 saturated heterocycles. The summed E-state index contributed by atoms with van der Waals surface area (Å²) < 4.78 is 0. The molecule has 0 aliphatic heterocycles. The average molecular weight is 308 g/mol. The number of nitrogens with zero attached hydrogens (tertiary/aromatic N) is 3. The first-order chi connectivity index (χ1) is 9.45. The topological polar surface area (TPSA) is 67.8 Å². The van der Waals surface area contributed by atoms with Gasteiger partial charge >= 0.3 is 0 Å². The highest BCUT2D eigenvalue weighted by molar-refractivity contribution is 8.00. The molecule has 2 heterocycles. The van der Waals surface area contributed by atoms with Crippen LogP contribution in [0.15, 0.2) is 17.4 Å². The molecule has 0 unspecified atom stereocenters. The van der Waals surface area contributed by atoms with E-state index in [2.05, 4.69) is 20.3 Å². The molecule has 0 saturated carbocycles. The summed E-state index contributed by atoms with van der Waals surface area (Å²) in [6.07, 6.45) is 1.51. The number of aryl methyl sites for hydroxylation is 3. The van der Waals surface area contributed by atoms with Crippen molar-refractivity contribution >= 4 is 34.1 Å². The highest BCUT2D eigenvalue weighted by Crippen LogP contribution is 2.25. The van der Waals surface area contributed by atoms with Gasteiger partial charge in [0.2, 0.25) is 5.91 Å². The van der Waals surface area contributed by atoms with E-state index in [0.717, 1.165) is 21.3 Å². The van der Waals surface area contributed by atoms with E-state index >= 15 is 0 Å². The largest absolute Gasteiger partial charge is 0.301 e. The summed E-state index contributed by atoms with van der Waals surface area (Å²) in [6, 6.07) is 1.87. The number of amides is 1. The second-order valence-corrected chi connectivity index (χ2v) is 6.97. The molecule has 0 aromatic carbocycles. The Hall–Kier alpha value is -1.47. The lowest BCUT2D eigenvalue weighted by Gasteiger charge is -2.09. The van der Waals surface area contributed by atoms with Crippen molar-refractivity contribution in [2.24, 2.45) is 0 Å². The first kappa shape index (κ1) is 14.9. The van der Waals surface area contributed by atoms with Gasteiger partial charge in [-0.2, -0.15) is 0 Å². The summed E-state index contributed by atoms with van der Waals surface area (Å²) in [5.41, 5.74) is 1.85. The number of thiazole rings is 1. The van der Waals surface area contributed by atoms with Gasteiger partial charge in [0.25, 0.3) is 0 Å². The average Bonchev–Trinajstić information content (AvgIpc) is 2.68. The molecule has 1 N–H and O–H groups in total. The summed E-state index contributed by atoms with van der Waals surface area (Å²) in [5, 5.41) is 4.05. The van der Waals surface area contributed by atoms with Crippen LogP contribution in [0, 0.1) is 20.8 Å². The fourth-order valence-corrected chi connectivity index (χ4v) is 3.15. The quantitative estimate of drug-likeness (QED) is 0.694. The third kappa shape index (κ3) is 3.77. The minimum absolute atomic E-state index is 0.0694. The van der Waals surface area contributed by atoms with Gasteiger partial charge in [-0.05, 0) is 33.8 Å². The van der Waals surface area contributed by atoms with E-state index in [-0.39, 0.29) is 11.2 Å². The summed E-state index contributed by atoms with van der Waals surface area (Å²) in [6.45, 7) is 7.68. The van der Waals surface area contributed by atoms with Gasteiger partial charge in [-0.1, -0.05) is 11.8 Å². The number of aromatic nitrogens is 3. The molecule has 0 fully saturated rings. The number of anilines is 1. The Morgan fingerprint density at radius 2 is 2.10 bits per heavy atom. The second-order valence-electron chi connectivity index (χ2n) is 4.41. The van der Waals surface area contributed by atoms with Gasteiger partial charge in [-0.3, -0.25) is 4.79 Å². The highest BCUT2D eigenvalue weighted by atomic mass is 32.2. The molecule has 1 atom stereocenters. The molecule has 2 rings (SSSR count). The second kappa shape index (κ2) is 6.32. The van der Waals surface area contributed by atoms with E-state index < -0.39 is 0 Å². The van der Waals surface area contributed by atoms with Gasteiger partial charge in [0.1, 0.15) is 11.4 Å². The van der Waals surface area contributed by atoms with Crippen LogP contribution in [0.3, 0.4) is 0 Å². The zero-order valence-corrected chi connectivity index (χ0v) is 13.4. The van der Waals surface area contributed by atoms with E-state index in [4.69, 9.17) is 0 Å². The summed E-state index contributed by atoms with van der Waals surface area (Å²) in [7, 11) is 0. The molecule has 0 bridgehead atoms. The number of thioether (sulfide) groups is 1. The predicted octanol–water partition coefficient (Wildman–Crippen LogP) is 2.98. The molecule has 106 valence electrons. The number of hydrogen-bond acceptors (Lipinski definition) is 6. The molecular formula is C13H16N4OS2. The third-order valence-corrected chi connectivity index (χ3v) is 4.72. The molecule has 2 aromatic heterocycles. The molecule has 1 amide bonds. The molecule has 0 radical (unpaired) electrons. The van der Waals surface area contributed by atoms with Gasteiger partial charge in [0.05, 0.1) is 10.9 Å². The Bertz CT molecular complexity index is 607. The number of rotatable bonds is 4. The lowest BCUT2D eigenvalue weighted by atomic mass is 10.4. The van der Waals surface area contributed by atoms with Crippen LogP contribution in [0.25, 0.3) is 0 Å². The van der Waals surface area contributed by atoms with Crippen molar-refractivity contribution in [1.82, 2.24) is 15.0 Å². The standard InChI is InChI=1S/C13H16N4OS2/c1-7-5-11(15-6-14-7)19-10(4)12(18)17-13-16-8(2)9(3)20-13/h5-6,10H,1-4H3,(H,16,17,18)/t10-/m1/s1.